The van der Waals surface area contributed by atoms with E-state index in [0.29, 0.717) is 29.1 Å². The first-order chi connectivity index (χ1) is 18.7. The lowest BCUT2D eigenvalue weighted by Crippen LogP contribution is -2.29. The smallest absolute Gasteiger partial charge is 0.247 e. The minimum absolute atomic E-state index is 0.219. The molecule has 13 heteroatoms. The molecule has 2 aromatic carbocycles. The Morgan fingerprint density at radius 1 is 1.13 bits per heavy atom. The van der Waals surface area contributed by atoms with Crippen molar-refractivity contribution in [1.82, 2.24) is 34.8 Å². The topological polar surface area (TPSA) is 127 Å². The van der Waals surface area contributed by atoms with Crippen LogP contribution in [0.15, 0.2) is 48.9 Å². The molecule has 4 aromatic rings. The number of aromatic nitrogens is 5. The second-order valence-electron chi connectivity index (χ2n) is 9.37. The number of carbonyl (C=O) groups excluding carboxylic acids is 1. The number of primary amides is 1. The van der Waals surface area contributed by atoms with Crippen LogP contribution < -0.4 is 15.8 Å². The van der Waals surface area contributed by atoms with Crippen molar-refractivity contribution in [3.63, 3.8) is 0 Å². The fourth-order valence-corrected chi connectivity index (χ4v) is 3.97. The highest BCUT2D eigenvalue weighted by Crippen LogP contribution is 2.27. The number of carbonyl (C=O) groups is 1. The van der Waals surface area contributed by atoms with Crippen LogP contribution in [0.25, 0.3) is 10.9 Å². The zero-order valence-electron chi connectivity index (χ0n) is 22.0. The van der Waals surface area contributed by atoms with Crippen molar-refractivity contribution in [2.45, 2.75) is 12.5 Å². The Morgan fingerprint density at radius 2 is 1.95 bits per heavy atom. The number of amides is 1. The van der Waals surface area contributed by atoms with Crippen molar-refractivity contribution in [3.8, 4) is 5.75 Å². The number of nitrogens with one attached hydrogen (secondary N) is 1. The van der Waals surface area contributed by atoms with Gasteiger partial charge in [0.1, 0.15) is 17.9 Å². The number of benzene rings is 2. The van der Waals surface area contributed by atoms with Gasteiger partial charge in [-0.1, -0.05) is 17.3 Å². The zero-order chi connectivity index (χ0) is 27.9. The predicted molar refractivity (Wildman–Crippen MR) is 143 cm³/mol. The monoisotopic (exact) mass is 539 g/mol. The Hall–Kier alpha value is -4.23. The summed E-state index contributed by atoms with van der Waals surface area (Å²) in [4.78, 5) is 25.1. The summed E-state index contributed by atoms with van der Waals surface area (Å²) in [6.07, 6.45) is 3.65. The van der Waals surface area contributed by atoms with Crippen LogP contribution in [-0.4, -0.2) is 88.1 Å². The van der Waals surface area contributed by atoms with Gasteiger partial charge in [0, 0.05) is 36.7 Å². The molecule has 4 rings (SSSR count). The van der Waals surface area contributed by atoms with Gasteiger partial charge in [-0.05, 0) is 45.8 Å². The molecule has 206 valence electrons. The molecule has 2 heterocycles. The first-order valence-electron chi connectivity index (χ1n) is 12.4. The van der Waals surface area contributed by atoms with E-state index < -0.39 is 23.6 Å². The Bertz CT molecular complexity index is 1430. The number of nitrogens with two attached hydrogens (primary N) is 1. The van der Waals surface area contributed by atoms with Gasteiger partial charge in [-0.3, -0.25) is 4.79 Å². The van der Waals surface area contributed by atoms with E-state index in [1.165, 1.54) is 24.7 Å². The highest BCUT2D eigenvalue weighted by molar-refractivity contribution is 5.91. The number of hydrogen-bond acceptors (Lipinski definition) is 9. The van der Waals surface area contributed by atoms with Gasteiger partial charge in [0.15, 0.2) is 23.5 Å². The first kappa shape index (κ1) is 27.8. The van der Waals surface area contributed by atoms with Gasteiger partial charge in [0.05, 0.1) is 18.3 Å². The fourth-order valence-electron chi connectivity index (χ4n) is 3.97. The summed E-state index contributed by atoms with van der Waals surface area (Å²) in [5.41, 5.74) is 5.88. The molecular formula is C26H31F2N9O2. The third-order valence-electron chi connectivity index (χ3n) is 6.06. The Morgan fingerprint density at radius 3 is 2.72 bits per heavy atom. The second kappa shape index (κ2) is 12.5. The van der Waals surface area contributed by atoms with Crippen molar-refractivity contribution in [2.75, 3.05) is 52.7 Å². The second-order valence-corrected chi connectivity index (χ2v) is 9.37. The van der Waals surface area contributed by atoms with E-state index in [4.69, 9.17) is 10.5 Å². The predicted octanol–water partition coefficient (Wildman–Crippen LogP) is 2.58. The molecule has 0 spiro atoms. The molecule has 1 amide bonds. The zero-order valence-corrected chi connectivity index (χ0v) is 22.0. The molecule has 0 radical (unpaired) electrons. The largest absolute Gasteiger partial charge is 0.493 e. The first-order valence-corrected chi connectivity index (χ1v) is 12.4. The van der Waals surface area contributed by atoms with Gasteiger partial charge in [-0.15, -0.1) is 5.10 Å². The van der Waals surface area contributed by atoms with Crippen LogP contribution in [0.2, 0.25) is 0 Å². The van der Waals surface area contributed by atoms with Crippen LogP contribution in [0.3, 0.4) is 0 Å². The summed E-state index contributed by atoms with van der Waals surface area (Å²) in [5, 5.41) is 11.6. The fraction of sp³-hybridized carbons (Fsp3) is 0.346. The highest BCUT2D eigenvalue weighted by atomic mass is 19.2. The highest BCUT2D eigenvalue weighted by Gasteiger charge is 2.26. The third kappa shape index (κ3) is 7.00. The molecule has 0 saturated carbocycles. The van der Waals surface area contributed by atoms with Crippen molar-refractivity contribution in [2.24, 2.45) is 5.73 Å². The van der Waals surface area contributed by atoms with Gasteiger partial charge >= 0.3 is 0 Å². The number of halogens is 2. The normalized spacial score (nSPS) is 12.3. The molecule has 0 bridgehead atoms. The van der Waals surface area contributed by atoms with Gasteiger partial charge < -0.3 is 25.6 Å². The number of nitrogens with zero attached hydrogens (tertiary/aromatic N) is 7. The summed E-state index contributed by atoms with van der Waals surface area (Å²) in [6, 6.07) is 7.60. The number of anilines is 2. The number of likely N-dealkylation sites (N-methyl/N-ethyl adjacent to an activating group) is 2. The standard InChI is InChI=1S/C26H31F2N9O2/c1-35(2)11-12-36(3)10-5-13-39-17-8-9-18-21(14-17)30-16-31-26(18)32-22-15-37(34-33-22)24(25(29)38)19-6-4-7-20(27)23(19)28/h4,6-9,14-16,24H,5,10-13H2,1-3H3,(H2,29,38)(H,30,31,32). The Kier molecular flexibility index (Phi) is 8.94. The van der Waals surface area contributed by atoms with Crippen LogP contribution >= 0.6 is 0 Å². The summed E-state index contributed by atoms with van der Waals surface area (Å²) < 4.78 is 35.1. The third-order valence-corrected chi connectivity index (χ3v) is 6.06. The van der Waals surface area contributed by atoms with Gasteiger partial charge in [-0.25, -0.2) is 23.4 Å². The van der Waals surface area contributed by atoms with Crippen LogP contribution in [0, 0.1) is 11.6 Å². The molecule has 0 fully saturated rings. The van der Waals surface area contributed by atoms with Crippen molar-refractivity contribution >= 4 is 28.4 Å². The van der Waals surface area contributed by atoms with Gasteiger partial charge in [0.2, 0.25) is 5.91 Å². The maximum Gasteiger partial charge on any atom is 0.247 e. The molecule has 0 aliphatic carbocycles. The van der Waals surface area contributed by atoms with Crippen molar-refractivity contribution in [1.29, 1.82) is 0 Å². The molecule has 0 aliphatic rings. The van der Waals surface area contributed by atoms with Crippen molar-refractivity contribution < 1.29 is 18.3 Å². The summed E-state index contributed by atoms with van der Waals surface area (Å²) in [5.74, 6) is -1.85. The van der Waals surface area contributed by atoms with Crippen LogP contribution in [0.5, 0.6) is 5.75 Å². The summed E-state index contributed by atoms with van der Waals surface area (Å²) in [7, 11) is 6.21. The lowest BCUT2D eigenvalue weighted by molar-refractivity contribution is -0.120. The average Bonchev–Trinajstić information content (AvgIpc) is 3.35. The minimum Gasteiger partial charge on any atom is -0.493 e. The number of fused-ring (bicyclic) bond motifs is 1. The van der Waals surface area contributed by atoms with E-state index in [0.717, 1.165) is 36.8 Å². The van der Waals surface area contributed by atoms with Gasteiger partial charge in [-0.2, -0.15) is 0 Å². The van der Waals surface area contributed by atoms with E-state index in [2.05, 4.69) is 56.5 Å². The van der Waals surface area contributed by atoms with Crippen LogP contribution in [0.4, 0.5) is 20.4 Å². The molecule has 11 nitrogen and oxygen atoms in total. The average molecular weight is 540 g/mol. The molecule has 0 saturated heterocycles. The van der Waals surface area contributed by atoms with Crippen molar-refractivity contribution in [3.05, 3.63) is 66.1 Å². The number of rotatable bonds is 13. The van der Waals surface area contributed by atoms with Crippen LogP contribution in [0.1, 0.15) is 18.0 Å². The van der Waals surface area contributed by atoms with Crippen LogP contribution in [-0.2, 0) is 4.79 Å². The maximum absolute atomic E-state index is 14.4. The summed E-state index contributed by atoms with van der Waals surface area (Å²) >= 11 is 0. The van der Waals surface area contributed by atoms with Gasteiger partial charge in [0.25, 0.3) is 0 Å². The Labute approximate surface area is 224 Å². The molecule has 1 unspecified atom stereocenters. The summed E-state index contributed by atoms with van der Waals surface area (Å²) in [6.45, 7) is 3.50. The van der Waals surface area contributed by atoms with E-state index in [1.807, 2.05) is 18.2 Å². The van der Waals surface area contributed by atoms with E-state index in [-0.39, 0.29) is 11.4 Å². The minimum atomic E-state index is -1.39. The Balaban J connectivity index is 1.43. The SMILES string of the molecule is CN(C)CCN(C)CCCOc1ccc2c(Nc3cn(C(C(N)=O)c4cccc(F)c4F)nn3)ncnc2c1. The molecule has 39 heavy (non-hydrogen) atoms. The quantitative estimate of drug-likeness (QED) is 0.247. The lowest BCUT2D eigenvalue weighted by Gasteiger charge is -2.19. The number of hydrogen-bond donors (Lipinski definition) is 2. The molecule has 1 atom stereocenters. The molecule has 3 N–H and O–H groups in total. The number of ether oxygens (including phenoxy) is 1. The van der Waals surface area contributed by atoms with E-state index in [9.17, 15) is 13.6 Å². The molecule has 0 aliphatic heterocycles. The molecular weight excluding hydrogens is 508 g/mol. The maximum atomic E-state index is 14.4. The van der Waals surface area contributed by atoms with E-state index >= 15 is 0 Å². The lowest BCUT2D eigenvalue weighted by atomic mass is 10.1. The molecule has 2 aromatic heterocycles. The van der Waals surface area contributed by atoms with E-state index in [1.54, 1.807) is 0 Å².